The molecule has 0 fully saturated rings. The van der Waals surface area contributed by atoms with Crippen molar-refractivity contribution in [1.82, 2.24) is 9.97 Å². The molecule has 0 aliphatic rings. The van der Waals surface area contributed by atoms with E-state index >= 15 is 0 Å². The summed E-state index contributed by atoms with van der Waals surface area (Å²) in [6.45, 7) is 1.96. The first-order valence-electron chi connectivity index (χ1n) is 5.63. The minimum absolute atomic E-state index is 0.439. The van der Waals surface area contributed by atoms with Crippen molar-refractivity contribution in [3.8, 4) is 10.7 Å². The number of hydrogen-bond donors (Lipinski definition) is 1. The van der Waals surface area contributed by atoms with Crippen LogP contribution in [-0.4, -0.2) is 9.97 Å². The quantitative estimate of drug-likeness (QED) is 0.557. The summed E-state index contributed by atoms with van der Waals surface area (Å²) in [7, 11) is 0. The van der Waals surface area contributed by atoms with Gasteiger partial charge in [-0.2, -0.15) is 0 Å². The van der Waals surface area contributed by atoms with E-state index in [0.29, 0.717) is 16.7 Å². The number of aryl methyl sites for hydroxylation is 1. The Balaban J connectivity index is 2.32. The predicted octanol–water partition coefficient (Wildman–Crippen LogP) is 5.43. The normalized spacial score (nSPS) is 11.2. The van der Waals surface area contributed by atoms with Crippen molar-refractivity contribution in [3.05, 3.63) is 37.0 Å². The summed E-state index contributed by atoms with van der Waals surface area (Å²) in [6, 6.07) is 3.83. The highest BCUT2D eigenvalue weighted by molar-refractivity contribution is 9.11. The van der Waals surface area contributed by atoms with E-state index in [1.807, 2.05) is 24.4 Å². The molecule has 2 N–H and O–H groups in total. The highest BCUT2D eigenvalue weighted by atomic mass is 79.9. The number of rotatable bonds is 1. The van der Waals surface area contributed by atoms with Gasteiger partial charge in [0.1, 0.15) is 5.82 Å². The third-order valence-electron chi connectivity index (χ3n) is 2.85. The lowest BCUT2D eigenvalue weighted by Gasteiger charge is -2.07. The summed E-state index contributed by atoms with van der Waals surface area (Å²) in [5.74, 6) is 0.996. The lowest BCUT2D eigenvalue weighted by Crippen LogP contribution is -1.98. The van der Waals surface area contributed by atoms with E-state index in [4.69, 9.17) is 17.3 Å². The van der Waals surface area contributed by atoms with Crippen LogP contribution in [0.5, 0.6) is 0 Å². The fourth-order valence-electron chi connectivity index (χ4n) is 1.86. The molecule has 0 radical (unpaired) electrons. The largest absolute Gasteiger partial charge is 0.383 e. The molecule has 3 aromatic rings. The van der Waals surface area contributed by atoms with Crippen LogP contribution in [0.2, 0.25) is 5.02 Å². The highest BCUT2D eigenvalue weighted by Crippen LogP contribution is 2.37. The summed E-state index contributed by atoms with van der Waals surface area (Å²) < 4.78 is 1.78. The number of nitrogen functional groups attached to an aromatic ring is 1. The van der Waals surface area contributed by atoms with Crippen molar-refractivity contribution in [1.29, 1.82) is 0 Å². The van der Waals surface area contributed by atoms with Gasteiger partial charge in [0.25, 0.3) is 0 Å². The zero-order valence-corrected chi connectivity index (χ0v) is 15.0. The topological polar surface area (TPSA) is 51.8 Å². The van der Waals surface area contributed by atoms with Gasteiger partial charge in [0.2, 0.25) is 0 Å². The maximum Gasteiger partial charge on any atom is 0.173 e. The van der Waals surface area contributed by atoms with E-state index < -0.39 is 0 Å². The van der Waals surface area contributed by atoms with Crippen LogP contribution in [0.3, 0.4) is 0 Å². The van der Waals surface area contributed by atoms with Crippen LogP contribution >= 0.6 is 54.8 Å². The molecular formula is C13H8Br2ClN3S. The van der Waals surface area contributed by atoms with Crippen LogP contribution in [0.25, 0.3) is 21.6 Å². The average molecular weight is 434 g/mol. The first-order chi connectivity index (χ1) is 9.47. The summed E-state index contributed by atoms with van der Waals surface area (Å²) >= 11 is 14.7. The van der Waals surface area contributed by atoms with Crippen LogP contribution < -0.4 is 5.73 Å². The summed E-state index contributed by atoms with van der Waals surface area (Å²) in [4.78, 5) is 9.81. The molecule has 0 bridgehead atoms. The van der Waals surface area contributed by atoms with Gasteiger partial charge in [-0.25, -0.2) is 9.97 Å². The lowest BCUT2D eigenvalue weighted by atomic mass is 10.2. The first-order valence-corrected chi connectivity index (χ1v) is 8.48. The van der Waals surface area contributed by atoms with E-state index in [-0.39, 0.29) is 0 Å². The van der Waals surface area contributed by atoms with Crippen LogP contribution in [0, 0.1) is 6.92 Å². The van der Waals surface area contributed by atoms with E-state index in [9.17, 15) is 0 Å². The van der Waals surface area contributed by atoms with Gasteiger partial charge in [0.15, 0.2) is 5.82 Å². The Morgan fingerprint density at radius 2 is 2.00 bits per heavy atom. The molecule has 0 aliphatic heterocycles. The summed E-state index contributed by atoms with van der Waals surface area (Å²) in [5.41, 5.74) is 7.85. The number of hydrogen-bond acceptors (Lipinski definition) is 4. The maximum atomic E-state index is 6.28. The van der Waals surface area contributed by atoms with E-state index in [1.165, 1.54) is 11.3 Å². The molecule has 0 amide bonds. The minimum Gasteiger partial charge on any atom is -0.383 e. The van der Waals surface area contributed by atoms with E-state index in [2.05, 4.69) is 41.8 Å². The monoisotopic (exact) mass is 431 g/mol. The maximum absolute atomic E-state index is 6.28. The van der Waals surface area contributed by atoms with E-state index in [1.54, 1.807) is 0 Å². The molecule has 0 unspecified atom stereocenters. The molecule has 1 aromatic carbocycles. The Bertz CT molecular complexity index is 832. The van der Waals surface area contributed by atoms with Crippen LogP contribution in [0.15, 0.2) is 26.5 Å². The number of thiophene rings is 1. The van der Waals surface area contributed by atoms with Crippen LogP contribution in [0.1, 0.15) is 5.56 Å². The first kappa shape index (κ1) is 14.3. The van der Waals surface area contributed by atoms with Crippen LogP contribution in [-0.2, 0) is 0 Å². The second-order valence-corrected chi connectivity index (χ2v) is 7.31. The Hall–Kier alpha value is -0.690. The molecule has 0 saturated carbocycles. The molecular weight excluding hydrogens is 425 g/mol. The van der Waals surface area contributed by atoms with Crippen molar-refractivity contribution >= 4 is 71.5 Å². The molecule has 20 heavy (non-hydrogen) atoms. The van der Waals surface area contributed by atoms with Gasteiger partial charge in [0.05, 0.1) is 15.4 Å². The molecule has 0 spiro atoms. The predicted molar refractivity (Wildman–Crippen MR) is 92.4 cm³/mol. The van der Waals surface area contributed by atoms with Gasteiger partial charge in [-0.15, -0.1) is 11.3 Å². The number of fused-ring (bicyclic) bond motifs is 1. The third-order valence-corrected chi connectivity index (χ3v) is 5.61. The van der Waals surface area contributed by atoms with E-state index in [0.717, 1.165) is 30.3 Å². The van der Waals surface area contributed by atoms with Gasteiger partial charge in [-0.3, -0.25) is 0 Å². The Morgan fingerprint density at radius 1 is 1.25 bits per heavy atom. The van der Waals surface area contributed by atoms with Crippen molar-refractivity contribution in [2.24, 2.45) is 0 Å². The molecule has 7 heteroatoms. The zero-order valence-electron chi connectivity index (χ0n) is 10.2. The van der Waals surface area contributed by atoms with Gasteiger partial charge in [-0.1, -0.05) is 27.5 Å². The number of anilines is 1. The summed E-state index contributed by atoms with van der Waals surface area (Å²) in [5, 5.41) is 3.47. The fourth-order valence-corrected chi connectivity index (χ4v) is 4.39. The van der Waals surface area contributed by atoms with Gasteiger partial charge in [0, 0.05) is 14.3 Å². The number of nitrogens with two attached hydrogens (primary N) is 1. The minimum atomic E-state index is 0.439. The second kappa shape index (κ2) is 5.26. The fraction of sp³-hybridized carbons (Fsp3) is 0.0769. The zero-order chi connectivity index (χ0) is 14.4. The number of aromatic nitrogens is 2. The Kier molecular flexibility index (Phi) is 3.75. The molecule has 0 aliphatic carbocycles. The number of nitrogens with zero attached hydrogens (tertiary/aromatic N) is 2. The third kappa shape index (κ3) is 2.35. The second-order valence-electron chi connectivity index (χ2n) is 4.28. The van der Waals surface area contributed by atoms with Gasteiger partial charge >= 0.3 is 0 Å². The highest BCUT2D eigenvalue weighted by Gasteiger charge is 2.15. The molecule has 3 rings (SSSR count). The Morgan fingerprint density at radius 3 is 2.65 bits per heavy atom. The van der Waals surface area contributed by atoms with Crippen LogP contribution in [0.4, 0.5) is 5.82 Å². The van der Waals surface area contributed by atoms with Crippen molar-refractivity contribution in [2.75, 3.05) is 5.73 Å². The van der Waals surface area contributed by atoms with Crippen molar-refractivity contribution in [3.63, 3.8) is 0 Å². The lowest BCUT2D eigenvalue weighted by molar-refractivity contribution is 1.24. The van der Waals surface area contributed by atoms with Gasteiger partial charge < -0.3 is 5.73 Å². The number of benzene rings is 1. The number of halogens is 3. The molecule has 3 nitrogen and oxygen atoms in total. The SMILES string of the molecule is Cc1csc(-c2nc(N)c3cc(Br)cc(Br)c3n2)c1Cl. The van der Waals surface area contributed by atoms with Crippen molar-refractivity contribution in [2.45, 2.75) is 6.92 Å². The molecule has 102 valence electrons. The average Bonchev–Trinajstić information content (AvgIpc) is 2.71. The summed E-state index contributed by atoms with van der Waals surface area (Å²) in [6.07, 6.45) is 0. The van der Waals surface area contributed by atoms with Gasteiger partial charge in [-0.05, 0) is 45.9 Å². The molecule has 0 saturated heterocycles. The molecule has 2 aromatic heterocycles. The smallest absolute Gasteiger partial charge is 0.173 e. The molecule has 0 atom stereocenters. The standard InChI is InChI=1S/C13H8Br2ClN3S/c1-5-4-20-11(9(5)16)13-18-10-7(12(17)19-13)2-6(14)3-8(10)15/h2-4H,1H3,(H2,17,18,19). The molecule has 2 heterocycles. The van der Waals surface area contributed by atoms with Crippen molar-refractivity contribution < 1.29 is 0 Å². The Labute approximate surface area is 141 Å².